The van der Waals surface area contributed by atoms with Gasteiger partial charge >= 0.3 is 0 Å². The minimum Gasteiger partial charge on any atom is -0.293 e. The molecule has 0 spiro atoms. The van der Waals surface area contributed by atoms with Crippen molar-refractivity contribution in [3.8, 4) is 0 Å². The van der Waals surface area contributed by atoms with Gasteiger partial charge in [-0.3, -0.25) is 4.79 Å². The molecule has 0 atom stereocenters. The Morgan fingerprint density at radius 1 is 1.67 bits per heavy atom. The highest BCUT2D eigenvalue weighted by Gasteiger charge is 2.20. The number of hydrogen-bond donors (Lipinski definition) is 0. The van der Waals surface area contributed by atoms with Gasteiger partial charge < -0.3 is 0 Å². The second-order valence-electron chi connectivity index (χ2n) is 2.49. The van der Waals surface area contributed by atoms with E-state index in [0.29, 0.717) is 17.5 Å². The van der Waals surface area contributed by atoms with E-state index < -0.39 is 0 Å². The highest BCUT2D eigenvalue weighted by atomic mass is 32.2. The van der Waals surface area contributed by atoms with Crippen molar-refractivity contribution in [3.05, 3.63) is 11.0 Å². The Morgan fingerprint density at radius 3 is 2.44 bits per heavy atom. The number of hydrogen-bond acceptors (Lipinski definition) is 2. The van der Waals surface area contributed by atoms with Gasteiger partial charge in [0.1, 0.15) is 0 Å². The van der Waals surface area contributed by atoms with E-state index in [-0.39, 0.29) is 0 Å². The normalized spacial score (nSPS) is 23.0. The van der Waals surface area contributed by atoms with Crippen LogP contribution in [0.5, 0.6) is 0 Å². The maximum atomic E-state index is 10.7. The molecule has 0 aromatic heterocycles. The third-order valence-electron chi connectivity index (χ3n) is 1.12. The average Bonchev–Trinajstić information content (AvgIpc) is 1.79. The lowest BCUT2D eigenvalue weighted by molar-refractivity contribution is -0.113. The SMILES string of the molecule is CC(C)/C=C1/SCC1=O. The molecule has 0 unspecified atom stereocenters. The fourth-order valence-electron chi connectivity index (χ4n) is 0.658. The van der Waals surface area contributed by atoms with Crippen LogP contribution in [0.15, 0.2) is 11.0 Å². The molecule has 1 rings (SSSR count). The van der Waals surface area contributed by atoms with Crippen molar-refractivity contribution < 1.29 is 4.79 Å². The molecule has 0 bridgehead atoms. The maximum Gasteiger partial charge on any atom is 0.179 e. The summed E-state index contributed by atoms with van der Waals surface area (Å²) in [7, 11) is 0. The van der Waals surface area contributed by atoms with Gasteiger partial charge in [0, 0.05) is 4.91 Å². The van der Waals surface area contributed by atoms with Crippen molar-refractivity contribution in [1.29, 1.82) is 0 Å². The molecule has 9 heavy (non-hydrogen) atoms. The predicted molar refractivity (Wildman–Crippen MR) is 40.4 cm³/mol. The molecule has 1 aliphatic rings. The van der Waals surface area contributed by atoms with E-state index >= 15 is 0 Å². The Kier molecular flexibility index (Phi) is 1.96. The summed E-state index contributed by atoms with van der Waals surface area (Å²) >= 11 is 1.65. The topological polar surface area (TPSA) is 17.1 Å². The average molecular weight is 142 g/mol. The molecule has 0 aromatic carbocycles. The summed E-state index contributed by atoms with van der Waals surface area (Å²) in [5, 5.41) is 0. The van der Waals surface area contributed by atoms with Crippen LogP contribution in [-0.2, 0) is 4.79 Å². The number of Topliss-reactive ketones (excluding diaryl/α,β-unsaturated/α-hetero) is 1. The molecule has 1 aliphatic heterocycles. The zero-order chi connectivity index (χ0) is 6.85. The first-order valence-corrected chi connectivity index (χ1v) is 4.06. The Bertz CT molecular complexity index is 158. The Hall–Kier alpha value is -0.240. The molecule has 1 saturated heterocycles. The van der Waals surface area contributed by atoms with E-state index in [1.165, 1.54) is 0 Å². The fraction of sp³-hybridized carbons (Fsp3) is 0.571. The molecule has 1 heterocycles. The van der Waals surface area contributed by atoms with E-state index in [2.05, 4.69) is 13.8 Å². The van der Waals surface area contributed by atoms with Gasteiger partial charge in [0.2, 0.25) is 0 Å². The highest BCUT2D eigenvalue weighted by Crippen LogP contribution is 2.29. The van der Waals surface area contributed by atoms with Crippen molar-refractivity contribution in [2.24, 2.45) is 5.92 Å². The molecule has 1 nitrogen and oxygen atoms in total. The van der Waals surface area contributed by atoms with Crippen LogP contribution in [0, 0.1) is 5.92 Å². The minimum absolute atomic E-state index is 0.314. The standard InChI is InChI=1S/C7H10OS/c1-5(2)3-7-6(8)4-9-7/h3,5H,4H2,1-2H3/b7-3+. The summed E-state index contributed by atoms with van der Waals surface area (Å²) in [5.74, 6) is 1.52. The van der Waals surface area contributed by atoms with E-state index in [4.69, 9.17) is 0 Å². The number of allylic oxidation sites excluding steroid dienone is 2. The minimum atomic E-state index is 0.314. The quantitative estimate of drug-likeness (QED) is 0.520. The fourth-order valence-corrected chi connectivity index (χ4v) is 1.46. The van der Waals surface area contributed by atoms with E-state index in [1.54, 1.807) is 11.8 Å². The van der Waals surface area contributed by atoms with Crippen LogP contribution in [0.2, 0.25) is 0 Å². The number of thioether (sulfide) groups is 1. The predicted octanol–water partition coefficient (Wildman–Crippen LogP) is 1.84. The van der Waals surface area contributed by atoms with Crippen LogP contribution >= 0.6 is 11.8 Å². The molecule has 0 aliphatic carbocycles. The second kappa shape index (κ2) is 2.56. The highest BCUT2D eigenvalue weighted by molar-refractivity contribution is 8.07. The molecule has 2 heteroatoms. The maximum absolute atomic E-state index is 10.7. The van der Waals surface area contributed by atoms with Gasteiger partial charge in [-0.1, -0.05) is 19.9 Å². The van der Waals surface area contributed by atoms with Crippen LogP contribution in [0.4, 0.5) is 0 Å². The van der Waals surface area contributed by atoms with Crippen LogP contribution in [-0.4, -0.2) is 11.5 Å². The Morgan fingerprint density at radius 2 is 2.33 bits per heavy atom. The molecule has 1 fully saturated rings. The van der Waals surface area contributed by atoms with Crippen LogP contribution < -0.4 is 0 Å². The first-order chi connectivity index (χ1) is 4.20. The monoisotopic (exact) mass is 142 g/mol. The smallest absolute Gasteiger partial charge is 0.179 e. The third kappa shape index (κ3) is 1.58. The summed E-state index contributed by atoms with van der Waals surface area (Å²) in [6.45, 7) is 4.16. The zero-order valence-electron chi connectivity index (χ0n) is 5.68. The Labute approximate surface area is 59.5 Å². The summed E-state index contributed by atoms with van der Waals surface area (Å²) in [6, 6.07) is 0. The molecule has 0 saturated carbocycles. The van der Waals surface area contributed by atoms with E-state index in [1.807, 2.05) is 6.08 Å². The van der Waals surface area contributed by atoms with Crippen LogP contribution in [0.3, 0.4) is 0 Å². The largest absolute Gasteiger partial charge is 0.293 e. The second-order valence-corrected chi connectivity index (χ2v) is 3.50. The van der Waals surface area contributed by atoms with E-state index in [9.17, 15) is 4.79 Å². The lowest BCUT2D eigenvalue weighted by Gasteiger charge is -2.14. The van der Waals surface area contributed by atoms with Gasteiger partial charge in [0.15, 0.2) is 5.78 Å². The number of ketones is 1. The van der Waals surface area contributed by atoms with Gasteiger partial charge in [-0.2, -0.15) is 0 Å². The molecular formula is C7H10OS. The molecule has 0 aromatic rings. The van der Waals surface area contributed by atoms with Crippen molar-refractivity contribution >= 4 is 17.5 Å². The van der Waals surface area contributed by atoms with Crippen molar-refractivity contribution in [1.82, 2.24) is 0 Å². The Balaban J connectivity index is 2.51. The third-order valence-corrected chi connectivity index (χ3v) is 2.20. The summed E-state index contributed by atoms with van der Waals surface area (Å²) in [5.41, 5.74) is 0. The van der Waals surface area contributed by atoms with Crippen molar-refractivity contribution in [2.45, 2.75) is 13.8 Å². The molecule has 0 N–H and O–H groups in total. The van der Waals surface area contributed by atoms with E-state index in [0.717, 1.165) is 4.91 Å². The first-order valence-electron chi connectivity index (χ1n) is 3.08. The lowest BCUT2D eigenvalue weighted by atomic mass is 10.2. The van der Waals surface area contributed by atoms with Gasteiger partial charge in [-0.15, -0.1) is 11.8 Å². The molecule has 50 valence electrons. The molecular weight excluding hydrogens is 132 g/mol. The van der Waals surface area contributed by atoms with Crippen LogP contribution in [0.25, 0.3) is 0 Å². The molecule has 0 amide bonds. The zero-order valence-corrected chi connectivity index (χ0v) is 6.49. The van der Waals surface area contributed by atoms with Gasteiger partial charge in [0.25, 0.3) is 0 Å². The summed E-state index contributed by atoms with van der Waals surface area (Å²) in [6.07, 6.45) is 2.02. The number of rotatable bonds is 1. The number of carbonyl (C=O) groups excluding carboxylic acids is 1. The first kappa shape index (κ1) is 6.87. The van der Waals surface area contributed by atoms with Gasteiger partial charge in [0.05, 0.1) is 5.75 Å². The van der Waals surface area contributed by atoms with Crippen molar-refractivity contribution in [2.75, 3.05) is 5.75 Å². The lowest BCUT2D eigenvalue weighted by Crippen LogP contribution is -2.14. The summed E-state index contributed by atoms with van der Waals surface area (Å²) < 4.78 is 0. The molecule has 0 radical (unpaired) electrons. The van der Waals surface area contributed by atoms with Gasteiger partial charge in [-0.05, 0) is 5.92 Å². The summed E-state index contributed by atoms with van der Waals surface area (Å²) in [4.78, 5) is 11.6. The van der Waals surface area contributed by atoms with Crippen molar-refractivity contribution in [3.63, 3.8) is 0 Å². The van der Waals surface area contributed by atoms with Crippen LogP contribution in [0.1, 0.15) is 13.8 Å². The number of carbonyl (C=O) groups is 1. The van der Waals surface area contributed by atoms with Gasteiger partial charge in [-0.25, -0.2) is 0 Å².